The lowest BCUT2D eigenvalue weighted by atomic mass is 8.66. The van der Waals surface area contributed by atoms with Crippen molar-refractivity contribution in [2.45, 2.75) is 104 Å². The largest absolute Gasteiger partial charge is 0.113 e. The van der Waals surface area contributed by atoms with Gasteiger partial charge in [-0.2, -0.15) is 0 Å². The van der Waals surface area contributed by atoms with E-state index in [0.717, 1.165) is 82.7 Å². The van der Waals surface area contributed by atoms with E-state index in [-0.39, 0.29) is 16.4 Å². The van der Waals surface area contributed by atoms with Crippen LogP contribution in [0, 0.1) is 104 Å². The monoisotopic (exact) mass is 986 g/mol. The van der Waals surface area contributed by atoms with Crippen molar-refractivity contribution in [3.05, 3.63) is 83.5 Å². The average Bonchev–Trinajstić information content (AvgIpc) is 3.40. The second-order valence-corrected chi connectivity index (χ2v) is 23.4. The number of aryl methyl sites for hydroxylation is 7. The second-order valence-electron chi connectivity index (χ2n) is 23.4. The number of benzene rings is 7. The van der Waals surface area contributed by atoms with Gasteiger partial charge in [0.05, 0.1) is 39.6 Å². The molecule has 32 heteroatoms. The molecule has 0 unspecified atom stereocenters. The topological polar surface area (TPSA) is 0 Å². The molecule has 0 heterocycles. The molecule has 0 aliphatic rings. The van der Waals surface area contributed by atoms with Gasteiger partial charge in [-0.25, -0.2) is 0 Å². The minimum absolute atomic E-state index is 0.0861. The molecular weight excluding hydrogens is 935 g/mol. The van der Waals surface area contributed by atoms with Crippen LogP contribution in [0.1, 0.15) is 83.5 Å². The van der Waals surface area contributed by atoms with Gasteiger partial charge in [-0.05, 0) is 253 Å². The van der Waals surface area contributed by atoms with Gasteiger partial charge in [0.2, 0.25) is 0 Å². The third-order valence-electron chi connectivity index (χ3n) is 19.5. The Morgan fingerprint density at radius 1 is 0.284 bits per heavy atom. The van der Waals surface area contributed by atoms with Crippen molar-refractivity contribution in [3.8, 4) is 22.3 Å². The van der Waals surface area contributed by atoms with E-state index in [9.17, 15) is 0 Å². The Morgan fingerprint density at radius 2 is 0.642 bits per heavy atom. The quantitative estimate of drug-likeness (QED) is 0.0693. The van der Waals surface area contributed by atoms with Crippen LogP contribution in [0.4, 0.5) is 0 Å². The number of rotatable bonds is 16. The molecule has 81 heavy (non-hydrogen) atoms. The van der Waals surface area contributed by atoms with E-state index in [2.05, 4.69) is 104 Å². The SMILES string of the molecule is [B][B]B([B])B(B([B])[B])c1c(B(B([B])[B])B([B])[B])c(B([B][B])B([B])[B])c(B([B])B([B])[B])c2c(-c3c4c(C)c(C)c(C)c(C)c4c(-c4c(C)c(C)c(C)c5c(C)c(C)c(C)c(C)c45)c4c(C)c(C)c(C)c(C)c34)c(B([B])[B])c([B][B])c([B])c12. The highest BCUT2D eigenvalue weighted by Gasteiger charge is 2.43. The molecule has 0 saturated heterocycles. The number of hydrogen-bond donors (Lipinski definition) is 0. The van der Waals surface area contributed by atoms with Gasteiger partial charge >= 0.3 is 0 Å². The van der Waals surface area contributed by atoms with Crippen molar-refractivity contribution in [1.29, 1.82) is 0 Å². The third kappa shape index (κ3) is 10.3. The summed E-state index contributed by atoms with van der Waals surface area (Å²) < 4.78 is 0. The van der Waals surface area contributed by atoms with Crippen LogP contribution in [-0.4, -0.2) is 231 Å². The van der Waals surface area contributed by atoms with E-state index in [1.807, 2.05) is 0 Å². The zero-order valence-corrected chi connectivity index (χ0v) is 50.5. The fourth-order valence-corrected chi connectivity index (χ4v) is 14.0. The van der Waals surface area contributed by atoms with Crippen LogP contribution in [0.25, 0.3) is 65.3 Å². The zero-order valence-electron chi connectivity index (χ0n) is 50.5. The van der Waals surface area contributed by atoms with E-state index in [1.54, 1.807) is 0 Å². The van der Waals surface area contributed by atoms with Gasteiger partial charge in [0.25, 0.3) is 0 Å². The van der Waals surface area contributed by atoms with Gasteiger partial charge in [0.1, 0.15) is 7.85 Å². The lowest BCUT2D eigenvalue weighted by Crippen LogP contribution is -2.80. The maximum absolute atomic E-state index is 7.75. The van der Waals surface area contributed by atoms with Gasteiger partial charge in [0.15, 0.2) is 0 Å². The minimum Gasteiger partial charge on any atom is -0.113 e. The summed E-state index contributed by atoms with van der Waals surface area (Å²) in [7, 11) is 130. The van der Waals surface area contributed by atoms with Crippen LogP contribution in [0.15, 0.2) is 0 Å². The van der Waals surface area contributed by atoms with Gasteiger partial charge in [-0.1, -0.05) is 21.9 Å². The van der Waals surface area contributed by atoms with Crippen LogP contribution in [0.5, 0.6) is 0 Å². The third-order valence-corrected chi connectivity index (χ3v) is 19.5. The van der Waals surface area contributed by atoms with E-state index in [0.29, 0.717) is 38.2 Å². The molecule has 0 amide bonds. The Kier molecular flexibility index (Phi) is 20.3. The molecule has 7 aromatic carbocycles. The summed E-state index contributed by atoms with van der Waals surface area (Å²) >= 11 is 0. The fourth-order valence-electron chi connectivity index (χ4n) is 14.0. The first kappa shape index (κ1) is 66.2. The smallest absolute Gasteiger partial charge is 0.113 e. The highest BCUT2D eigenvalue weighted by Crippen LogP contribution is 2.54. The van der Waals surface area contributed by atoms with Crippen molar-refractivity contribution < 1.29 is 0 Å². The molecule has 0 bridgehead atoms. The van der Waals surface area contributed by atoms with Crippen LogP contribution in [0.3, 0.4) is 0 Å². The second kappa shape index (κ2) is 24.8. The molecule has 0 aromatic heterocycles. The average molecular weight is 980 g/mol. The molecule has 0 aliphatic heterocycles. The van der Waals surface area contributed by atoms with Crippen molar-refractivity contribution in [2.24, 2.45) is 0 Å². The minimum atomic E-state index is -1.29. The Balaban J connectivity index is 2.15. The summed E-state index contributed by atoms with van der Waals surface area (Å²) in [5.74, 6) is 0. The molecule has 0 nitrogen and oxygen atoms in total. The molecule has 0 aliphatic carbocycles. The number of fused-ring (bicyclic) bond motifs is 4. The van der Waals surface area contributed by atoms with Crippen molar-refractivity contribution >= 4 is 313 Å². The lowest BCUT2D eigenvalue weighted by Gasteiger charge is -2.42. The molecule has 337 valence electrons. The highest BCUT2D eigenvalue weighted by molar-refractivity contribution is 7.89. The van der Waals surface area contributed by atoms with Gasteiger partial charge < -0.3 is 0 Å². The van der Waals surface area contributed by atoms with Crippen LogP contribution in [-0.2, 0) is 0 Å². The molecule has 7 rings (SSSR count). The molecule has 0 fully saturated rings. The zero-order chi connectivity index (χ0) is 61.1. The maximum atomic E-state index is 7.75. The molecule has 0 saturated carbocycles. The first-order valence-electron chi connectivity index (χ1n) is 27.9. The first-order chi connectivity index (χ1) is 37.7. The Hall–Kier alpha value is -2.34. The summed E-state index contributed by atoms with van der Waals surface area (Å²) in [4.78, 5) is 0. The molecular formula is C49H45B32. The summed E-state index contributed by atoms with van der Waals surface area (Å²) in [6.45, 7) is 27.2. The maximum Gasteiger partial charge on any atom is 0.113 e. The highest BCUT2D eigenvalue weighted by atomic mass is 14.3. The molecule has 7 aromatic rings. The summed E-state index contributed by atoms with van der Waals surface area (Å²) in [6, 6.07) is 0. The Labute approximate surface area is 518 Å². The van der Waals surface area contributed by atoms with Crippen LogP contribution < -0.4 is 38.2 Å². The predicted octanol–water partition coefficient (Wildman–Crippen LogP) is -3.70. The Morgan fingerprint density at radius 3 is 0.963 bits per heavy atom. The van der Waals surface area contributed by atoms with Crippen LogP contribution >= 0.6 is 0 Å². The number of hydrogen-bond acceptors (Lipinski definition) is 0. The summed E-state index contributed by atoms with van der Waals surface area (Å²) in [5.41, 5.74) is 22.5. The molecule has 0 spiro atoms. The van der Waals surface area contributed by atoms with E-state index < -0.39 is 70.8 Å². The summed E-state index contributed by atoms with van der Waals surface area (Å²) in [6.07, 6.45) is -7.45. The van der Waals surface area contributed by atoms with Crippen molar-refractivity contribution in [3.63, 3.8) is 0 Å². The predicted molar refractivity (Wildman–Crippen MR) is 400 cm³/mol. The summed E-state index contributed by atoms with van der Waals surface area (Å²) in [5, 5.41) is 7.01. The van der Waals surface area contributed by atoms with Crippen molar-refractivity contribution in [1.82, 2.24) is 0 Å². The molecule has 0 N–H and O–H groups in total. The van der Waals surface area contributed by atoms with Gasteiger partial charge in [-0.15, -0.1) is 16.4 Å². The normalized spacial score (nSPS) is 11.3. The van der Waals surface area contributed by atoms with Crippen molar-refractivity contribution in [2.75, 3.05) is 0 Å². The van der Waals surface area contributed by atoms with E-state index in [1.165, 1.54) is 71.0 Å². The van der Waals surface area contributed by atoms with Gasteiger partial charge in [0, 0.05) is 184 Å². The Bertz CT molecular complexity index is 3620. The fraction of sp³-hybridized carbons (Fsp3) is 0.306. The lowest BCUT2D eigenvalue weighted by molar-refractivity contribution is 1.22. The molecule has 0 atom stereocenters. The van der Waals surface area contributed by atoms with E-state index >= 15 is 0 Å². The standard InChI is InChI=1S/C49H45B32/c1-16-17(2)25(10)32-31(23(16)8)24(9)22(7)30(15)33(32)38-34-26(11)18(3)20(5)28(13)36(34)39(37-29(14)21(6)19(4)27(12)35(37)38)40-41-42(43(50)44(68-51)45(40)71(54)55)47(75(80(65)66)81(67)70-53)49(74(78(61)62)79(63)64)48(73(69-52)77(59)60)46(41)72(56)76(57)58/h1-15H3. The van der Waals surface area contributed by atoms with Crippen LogP contribution in [0.2, 0.25) is 0 Å². The van der Waals surface area contributed by atoms with E-state index in [4.69, 9.17) is 139 Å². The van der Waals surface area contributed by atoms with Gasteiger partial charge in [-0.3, -0.25) is 0 Å². The molecule has 39 radical (unpaired) electrons. The first-order valence-corrected chi connectivity index (χ1v) is 27.9.